The normalized spacial score (nSPS) is 14.4. The van der Waals surface area contributed by atoms with Gasteiger partial charge in [0.25, 0.3) is 0 Å². The SMILES string of the molecule is CCCCC(C(O)C(C)(C)COc1ccc(Br)cc1)n1cncn1. The van der Waals surface area contributed by atoms with Crippen molar-refractivity contribution in [1.82, 2.24) is 14.8 Å². The molecule has 0 spiro atoms. The first-order chi connectivity index (χ1) is 11.4. The van der Waals surface area contributed by atoms with Crippen molar-refractivity contribution in [3.63, 3.8) is 0 Å². The molecule has 5 nitrogen and oxygen atoms in total. The Labute approximate surface area is 152 Å². The predicted molar refractivity (Wildman–Crippen MR) is 98.0 cm³/mol. The van der Waals surface area contributed by atoms with Crippen LogP contribution in [0.2, 0.25) is 0 Å². The van der Waals surface area contributed by atoms with Gasteiger partial charge in [0.1, 0.15) is 18.4 Å². The molecule has 24 heavy (non-hydrogen) atoms. The maximum absolute atomic E-state index is 11.0. The number of benzene rings is 1. The van der Waals surface area contributed by atoms with Crippen LogP contribution in [0.1, 0.15) is 46.1 Å². The molecular weight excluding hydrogens is 370 g/mol. The topological polar surface area (TPSA) is 60.2 Å². The summed E-state index contributed by atoms with van der Waals surface area (Å²) in [6, 6.07) is 7.61. The number of rotatable bonds is 9. The maximum atomic E-state index is 11.0. The van der Waals surface area contributed by atoms with Gasteiger partial charge in [-0.2, -0.15) is 5.10 Å². The van der Waals surface area contributed by atoms with Gasteiger partial charge >= 0.3 is 0 Å². The summed E-state index contributed by atoms with van der Waals surface area (Å²) in [7, 11) is 0. The summed E-state index contributed by atoms with van der Waals surface area (Å²) in [6.07, 6.45) is 5.58. The summed E-state index contributed by atoms with van der Waals surface area (Å²) in [5.41, 5.74) is -0.419. The van der Waals surface area contributed by atoms with E-state index in [1.165, 1.54) is 6.33 Å². The molecule has 1 N–H and O–H groups in total. The van der Waals surface area contributed by atoms with E-state index in [1.807, 2.05) is 38.1 Å². The minimum absolute atomic E-state index is 0.101. The number of nitrogens with zero attached hydrogens (tertiary/aromatic N) is 3. The van der Waals surface area contributed by atoms with Crippen molar-refractivity contribution in [3.8, 4) is 5.75 Å². The molecule has 0 radical (unpaired) electrons. The highest BCUT2D eigenvalue weighted by molar-refractivity contribution is 9.10. The third kappa shape index (κ3) is 5.05. The highest BCUT2D eigenvalue weighted by Gasteiger charge is 2.36. The molecule has 0 bridgehead atoms. The molecule has 0 aliphatic carbocycles. The summed E-state index contributed by atoms with van der Waals surface area (Å²) < 4.78 is 8.67. The van der Waals surface area contributed by atoms with Crippen LogP contribution < -0.4 is 4.74 Å². The smallest absolute Gasteiger partial charge is 0.137 e. The van der Waals surface area contributed by atoms with Crippen molar-refractivity contribution in [2.24, 2.45) is 5.41 Å². The molecule has 0 saturated heterocycles. The number of aliphatic hydroxyl groups excluding tert-OH is 1. The zero-order valence-corrected chi connectivity index (χ0v) is 16.1. The van der Waals surface area contributed by atoms with Gasteiger partial charge in [-0.15, -0.1) is 0 Å². The quantitative estimate of drug-likeness (QED) is 0.689. The molecule has 0 saturated carbocycles. The Hall–Kier alpha value is -1.40. The standard InChI is InChI=1S/C18H26BrN3O2/c1-4-5-6-16(22-13-20-12-21-22)17(23)18(2,3)11-24-15-9-7-14(19)8-10-15/h7-10,12-13,16-17,23H,4-6,11H2,1-3H3. The number of hydrogen-bond donors (Lipinski definition) is 1. The molecule has 0 aliphatic rings. The second-order valence-electron chi connectivity index (χ2n) is 6.76. The number of unbranched alkanes of at least 4 members (excludes halogenated alkanes) is 1. The van der Waals surface area contributed by atoms with E-state index in [1.54, 1.807) is 11.0 Å². The van der Waals surface area contributed by atoms with Crippen LogP contribution in [0.5, 0.6) is 5.75 Å². The highest BCUT2D eigenvalue weighted by Crippen LogP contribution is 2.32. The second kappa shape index (κ2) is 8.62. The van der Waals surface area contributed by atoms with Gasteiger partial charge in [0.05, 0.1) is 18.8 Å². The van der Waals surface area contributed by atoms with Crippen LogP contribution in [0.3, 0.4) is 0 Å². The van der Waals surface area contributed by atoms with E-state index in [0.717, 1.165) is 29.5 Å². The second-order valence-corrected chi connectivity index (χ2v) is 7.68. The van der Waals surface area contributed by atoms with Gasteiger partial charge in [-0.3, -0.25) is 0 Å². The lowest BCUT2D eigenvalue weighted by Gasteiger charge is -2.35. The van der Waals surface area contributed by atoms with E-state index >= 15 is 0 Å². The average molecular weight is 396 g/mol. The molecule has 1 aromatic heterocycles. The van der Waals surface area contributed by atoms with Gasteiger partial charge in [-0.25, -0.2) is 9.67 Å². The molecule has 0 amide bonds. The van der Waals surface area contributed by atoms with Gasteiger partial charge in [0.2, 0.25) is 0 Å². The molecule has 0 fully saturated rings. The Balaban J connectivity index is 2.05. The van der Waals surface area contributed by atoms with Crippen LogP contribution in [-0.4, -0.2) is 32.6 Å². The van der Waals surface area contributed by atoms with Crippen molar-refractivity contribution < 1.29 is 9.84 Å². The van der Waals surface area contributed by atoms with Crippen molar-refractivity contribution in [3.05, 3.63) is 41.4 Å². The van der Waals surface area contributed by atoms with Gasteiger partial charge in [-0.05, 0) is 30.7 Å². The lowest BCUT2D eigenvalue weighted by molar-refractivity contribution is -0.0255. The van der Waals surface area contributed by atoms with Crippen LogP contribution >= 0.6 is 15.9 Å². The Kier molecular flexibility index (Phi) is 6.80. The molecule has 0 aliphatic heterocycles. The Morgan fingerprint density at radius 3 is 2.58 bits per heavy atom. The molecule has 2 unspecified atom stereocenters. The van der Waals surface area contributed by atoms with Crippen LogP contribution in [0.15, 0.2) is 41.4 Å². The molecule has 2 aromatic rings. The Morgan fingerprint density at radius 2 is 2.00 bits per heavy atom. The minimum atomic E-state index is -0.582. The fraction of sp³-hybridized carbons (Fsp3) is 0.556. The number of hydrogen-bond acceptors (Lipinski definition) is 4. The zero-order chi connectivity index (χ0) is 17.6. The Bertz CT molecular complexity index is 599. The predicted octanol–water partition coefficient (Wildman–Crippen LogP) is 4.24. The molecule has 6 heteroatoms. The van der Waals surface area contributed by atoms with Crippen LogP contribution in [0.25, 0.3) is 0 Å². The first-order valence-corrected chi connectivity index (χ1v) is 9.14. The van der Waals surface area contributed by atoms with E-state index in [2.05, 4.69) is 32.9 Å². The van der Waals surface area contributed by atoms with E-state index in [-0.39, 0.29) is 6.04 Å². The van der Waals surface area contributed by atoms with Gasteiger partial charge in [0, 0.05) is 9.89 Å². The zero-order valence-electron chi connectivity index (χ0n) is 14.5. The largest absolute Gasteiger partial charge is 0.493 e. The van der Waals surface area contributed by atoms with Crippen molar-refractivity contribution in [2.45, 2.75) is 52.2 Å². The number of aliphatic hydroxyl groups is 1. The summed E-state index contributed by atoms with van der Waals surface area (Å²) in [4.78, 5) is 4.02. The van der Waals surface area contributed by atoms with Crippen LogP contribution in [-0.2, 0) is 0 Å². The van der Waals surface area contributed by atoms with Gasteiger partial charge in [-0.1, -0.05) is 49.5 Å². The first-order valence-electron chi connectivity index (χ1n) is 8.34. The summed E-state index contributed by atoms with van der Waals surface area (Å²) in [5.74, 6) is 0.796. The summed E-state index contributed by atoms with van der Waals surface area (Å²) >= 11 is 3.41. The lowest BCUT2D eigenvalue weighted by atomic mass is 9.81. The van der Waals surface area contributed by atoms with E-state index in [0.29, 0.717) is 6.61 Å². The monoisotopic (exact) mass is 395 g/mol. The van der Waals surface area contributed by atoms with E-state index < -0.39 is 11.5 Å². The highest BCUT2D eigenvalue weighted by atomic mass is 79.9. The van der Waals surface area contributed by atoms with Crippen molar-refractivity contribution in [2.75, 3.05) is 6.61 Å². The molecular formula is C18H26BrN3O2. The van der Waals surface area contributed by atoms with Crippen LogP contribution in [0.4, 0.5) is 0 Å². The minimum Gasteiger partial charge on any atom is -0.493 e. The summed E-state index contributed by atoms with van der Waals surface area (Å²) in [6.45, 7) is 6.61. The number of halogens is 1. The first kappa shape index (κ1) is 18.9. The van der Waals surface area contributed by atoms with Crippen LogP contribution in [0, 0.1) is 5.41 Å². The Morgan fingerprint density at radius 1 is 1.29 bits per heavy atom. The molecule has 1 aromatic carbocycles. The van der Waals surface area contributed by atoms with Crippen molar-refractivity contribution in [1.29, 1.82) is 0 Å². The van der Waals surface area contributed by atoms with Gasteiger partial charge in [0.15, 0.2) is 0 Å². The number of ether oxygens (including phenoxy) is 1. The maximum Gasteiger partial charge on any atom is 0.137 e. The van der Waals surface area contributed by atoms with E-state index in [9.17, 15) is 5.11 Å². The fourth-order valence-electron chi connectivity index (χ4n) is 2.64. The van der Waals surface area contributed by atoms with E-state index in [4.69, 9.17) is 4.74 Å². The third-order valence-electron chi connectivity index (χ3n) is 4.22. The van der Waals surface area contributed by atoms with Gasteiger partial charge < -0.3 is 9.84 Å². The molecule has 2 rings (SSSR count). The number of aromatic nitrogens is 3. The lowest BCUT2D eigenvalue weighted by Crippen LogP contribution is -2.41. The molecule has 2 atom stereocenters. The average Bonchev–Trinajstić information content (AvgIpc) is 3.09. The molecule has 1 heterocycles. The fourth-order valence-corrected chi connectivity index (χ4v) is 2.91. The summed E-state index contributed by atoms with van der Waals surface area (Å²) in [5, 5.41) is 15.2. The molecule has 132 valence electrons. The third-order valence-corrected chi connectivity index (χ3v) is 4.75. The van der Waals surface area contributed by atoms with Crippen molar-refractivity contribution >= 4 is 15.9 Å².